The Morgan fingerprint density at radius 1 is 1.26 bits per heavy atom. The van der Waals surface area contributed by atoms with Gasteiger partial charge < -0.3 is 4.74 Å². The standard InChI is InChI=1S/C19H17FN6O/c1-2-12-9-26-16(10-27-12)17(13-5-6-21-19-14(13)8-23-24-19)18(25-26)15-4-3-11(20)7-22-15/h3-8,12H,2,9-10H2,1H3,(H,21,23,24)/t12-/m0/s1. The molecule has 1 atom stereocenters. The van der Waals surface area contributed by atoms with E-state index in [1.807, 2.05) is 10.7 Å². The predicted molar refractivity (Wildman–Crippen MR) is 97.2 cm³/mol. The minimum atomic E-state index is -0.375. The number of nitrogens with one attached hydrogen (secondary N) is 1. The highest BCUT2D eigenvalue weighted by atomic mass is 19.1. The second-order valence-corrected chi connectivity index (χ2v) is 6.55. The lowest BCUT2D eigenvalue weighted by molar-refractivity contribution is -0.00107. The van der Waals surface area contributed by atoms with Gasteiger partial charge in [-0.2, -0.15) is 10.2 Å². The van der Waals surface area contributed by atoms with Crippen LogP contribution < -0.4 is 0 Å². The van der Waals surface area contributed by atoms with Gasteiger partial charge in [-0.25, -0.2) is 9.37 Å². The number of ether oxygens (including phenoxy) is 1. The van der Waals surface area contributed by atoms with Crippen molar-refractivity contribution in [2.75, 3.05) is 0 Å². The van der Waals surface area contributed by atoms with Crippen LogP contribution in [0.3, 0.4) is 0 Å². The molecular formula is C19H17FN6O. The quantitative estimate of drug-likeness (QED) is 0.603. The monoisotopic (exact) mass is 364 g/mol. The molecule has 4 aromatic rings. The molecule has 0 aliphatic carbocycles. The average Bonchev–Trinajstić information content (AvgIpc) is 3.32. The van der Waals surface area contributed by atoms with Crippen molar-refractivity contribution in [2.24, 2.45) is 0 Å². The van der Waals surface area contributed by atoms with Crippen LogP contribution in [0.4, 0.5) is 4.39 Å². The molecule has 5 heterocycles. The summed E-state index contributed by atoms with van der Waals surface area (Å²) in [5.41, 5.74) is 4.89. The van der Waals surface area contributed by atoms with Crippen LogP contribution >= 0.6 is 0 Å². The lowest BCUT2D eigenvalue weighted by atomic mass is 9.99. The molecule has 1 aliphatic heterocycles. The molecule has 0 unspecified atom stereocenters. The number of fused-ring (bicyclic) bond motifs is 2. The summed E-state index contributed by atoms with van der Waals surface area (Å²) in [5, 5.41) is 12.7. The first-order valence-corrected chi connectivity index (χ1v) is 8.86. The summed E-state index contributed by atoms with van der Waals surface area (Å²) in [4.78, 5) is 8.58. The Kier molecular flexibility index (Phi) is 3.71. The van der Waals surface area contributed by atoms with Gasteiger partial charge in [0.25, 0.3) is 0 Å². The summed E-state index contributed by atoms with van der Waals surface area (Å²) in [6, 6.07) is 4.99. The van der Waals surface area contributed by atoms with E-state index in [0.29, 0.717) is 30.2 Å². The maximum absolute atomic E-state index is 13.4. The molecule has 0 radical (unpaired) electrons. The molecule has 0 fully saturated rings. The Balaban J connectivity index is 1.77. The van der Waals surface area contributed by atoms with Gasteiger partial charge in [-0.15, -0.1) is 0 Å². The van der Waals surface area contributed by atoms with Crippen molar-refractivity contribution in [1.29, 1.82) is 0 Å². The third-order valence-corrected chi connectivity index (χ3v) is 4.94. The Morgan fingerprint density at radius 3 is 3.00 bits per heavy atom. The summed E-state index contributed by atoms with van der Waals surface area (Å²) in [7, 11) is 0. The van der Waals surface area contributed by atoms with Crippen molar-refractivity contribution in [2.45, 2.75) is 32.6 Å². The molecule has 0 saturated carbocycles. The molecule has 1 aliphatic rings. The molecule has 136 valence electrons. The third-order valence-electron chi connectivity index (χ3n) is 4.94. The zero-order valence-electron chi connectivity index (χ0n) is 14.7. The zero-order chi connectivity index (χ0) is 18.4. The number of pyridine rings is 2. The molecule has 8 heteroatoms. The van der Waals surface area contributed by atoms with E-state index in [0.717, 1.165) is 28.6 Å². The van der Waals surface area contributed by atoms with E-state index in [-0.39, 0.29) is 11.9 Å². The van der Waals surface area contributed by atoms with E-state index in [1.165, 1.54) is 12.3 Å². The van der Waals surface area contributed by atoms with Crippen LogP contribution in [-0.4, -0.2) is 36.0 Å². The minimum absolute atomic E-state index is 0.130. The van der Waals surface area contributed by atoms with Gasteiger partial charge in [0.15, 0.2) is 5.65 Å². The van der Waals surface area contributed by atoms with Crippen LogP contribution in [0.5, 0.6) is 0 Å². The van der Waals surface area contributed by atoms with E-state index in [4.69, 9.17) is 9.84 Å². The van der Waals surface area contributed by atoms with Gasteiger partial charge in [-0.1, -0.05) is 6.92 Å². The van der Waals surface area contributed by atoms with Crippen molar-refractivity contribution in [1.82, 2.24) is 29.9 Å². The second kappa shape index (κ2) is 6.24. The van der Waals surface area contributed by atoms with Gasteiger partial charge in [-0.05, 0) is 24.6 Å². The van der Waals surface area contributed by atoms with Crippen LogP contribution in [0, 0.1) is 5.82 Å². The molecule has 5 rings (SSSR count). The molecule has 1 N–H and O–H groups in total. The molecule has 0 aromatic carbocycles. The van der Waals surface area contributed by atoms with Crippen molar-refractivity contribution >= 4 is 11.0 Å². The summed E-state index contributed by atoms with van der Waals surface area (Å²) in [5.74, 6) is -0.375. The fourth-order valence-corrected chi connectivity index (χ4v) is 3.53. The molecule has 0 spiro atoms. The highest BCUT2D eigenvalue weighted by molar-refractivity contribution is 5.97. The molecule has 4 aromatic heterocycles. The number of hydrogen-bond acceptors (Lipinski definition) is 5. The summed E-state index contributed by atoms with van der Waals surface area (Å²) in [6.07, 6.45) is 5.75. The number of aromatic amines is 1. The minimum Gasteiger partial charge on any atom is -0.370 e. The number of halogens is 1. The normalized spacial score (nSPS) is 16.6. The van der Waals surface area contributed by atoms with Crippen molar-refractivity contribution in [3.63, 3.8) is 0 Å². The first kappa shape index (κ1) is 16.1. The van der Waals surface area contributed by atoms with Crippen LogP contribution in [0.1, 0.15) is 19.0 Å². The molecule has 27 heavy (non-hydrogen) atoms. The lowest BCUT2D eigenvalue weighted by Gasteiger charge is -2.23. The Morgan fingerprint density at radius 2 is 2.19 bits per heavy atom. The third kappa shape index (κ3) is 2.60. The number of hydrogen-bond donors (Lipinski definition) is 1. The lowest BCUT2D eigenvalue weighted by Crippen LogP contribution is -2.27. The van der Waals surface area contributed by atoms with Crippen molar-refractivity contribution < 1.29 is 9.13 Å². The smallest absolute Gasteiger partial charge is 0.155 e. The molecule has 7 nitrogen and oxygen atoms in total. The van der Waals surface area contributed by atoms with Crippen LogP contribution in [0.2, 0.25) is 0 Å². The molecular weight excluding hydrogens is 347 g/mol. The van der Waals surface area contributed by atoms with Crippen LogP contribution in [-0.2, 0) is 17.9 Å². The van der Waals surface area contributed by atoms with Gasteiger partial charge >= 0.3 is 0 Å². The van der Waals surface area contributed by atoms with E-state index >= 15 is 0 Å². The number of aromatic nitrogens is 6. The average molecular weight is 364 g/mol. The number of H-pyrrole nitrogens is 1. The van der Waals surface area contributed by atoms with Gasteiger partial charge in [0.1, 0.15) is 11.5 Å². The maximum Gasteiger partial charge on any atom is 0.155 e. The fourth-order valence-electron chi connectivity index (χ4n) is 3.53. The van der Waals surface area contributed by atoms with Crippen molar-refractivity contribution in [3.8, 4) is 22.5 Å². The topological polar surface area (TPSA) is 81.5 Å². The second-order valence-electron chi connectivity index (χ2n) is 6.55. The summed E-state index contributed by atoms with van der Waals surface area (Å²) < 4.78 is 21.4. The van der Waals surface area contributed by atoms with Crippen LogP contribution in [0.25, 0.3) is 33.5 Å². The highest BCUT2D eigenvalue weighted by Gasteiger charge is 2.28. The summed E-state index contributed by atoms with van der Waals surface area (Å²) in [6.45, 7) is 3.24. The van der Waals surface area contributed by atoms with Gasteiger partial charge in [0, 0.05) is 22.7 Å². The Labute approximate surface area is 154 Å². The van der Waals surface area contributed by atoms with Gasteiger partial charge in [0.2, 0.25) is 0 Å². The van der Waals surface area contributed by atoms with Crippen molar-refractivity contribution in [3.05, 3.63) is 48.3 Å². The Hall–Kier alpha value is -3.13. The van der Waals surface area contributed by atoms with Crippen LogP contribution in [0.15, 0.2) is 36.8 Å². The number of rotatable bonds is 3. The predicted octanol–water partition coefficient (Wildman–Crippen LogP) is 3.33. The molecule has 0 amide bonds. The first-order chi connectivity index (χ1) is 13.2. The Bertz CT molecular complexity index is 1120. The van der Waals surface area contributed by atoms with Gasteiger partial charge in [-0.3, -0.25) is 14.8 Å². The fraction of sp³-hybridized carbons (Fsp3) is 0.263. The highest BCUT2D eigenvalue weighted by Crippen LogP contribution is 2.38. The zero-order valence-corrected chi connectivity index (χ0v) is 14.7. The van der Waals surface area contributed by atoms with Gasteiger partial charge in [0.05, 0.1) is 43.0 Å². The maximum atomic E-state index is 13.4. The van der Waals surface area contributed by atoms with E-state index in [1.54, 1.807) is 18.5 Å². The summed E-state index contributed by atoms with van der Waals surface area (Å²) >= 11 is 0. The van der Waals surface area contributed by atoms with E-state index < -0.39 is 0 Å². The van der Waals surface area contributed by atoms with E-state index in [9.17, 15) is 4.39 Å². The number of nitrogens with zero attached hydrogens (tertiary/aromatic N) is 5. The molecule has 0 saturated heterocycles. The SMILES string of the molecule is CC[C@H]1Cn2nc(-c3ccc(F)cn3)c(-c3ccnc4[nH]ncc34)c2CO1. The molecule has 0 bridgehead atoms. The van der Waals surface area contributed by atoms with E-state index in [2.05, 4.69) is 27.1 Å². The largest absolute Gasteiger partial charge is 0.370 e. The first-order valence-electron chi connectivity index (χ1n) is 8.86.